The van der Waals surface area contributed by atoms with Crippen LogP contribution >= 0.6 is 24.0 Å². The molecule has 0 bridgehead atoms. The van der Waals surface area contributed by atoms with Gasteiger partial charge in [-0.2, -0.15) is 13.2 Å². The number of nitrogens with zero attached hydrogens (tertiary/aromatic N) is 1. The quantitative estimate of drug-likeness (QED) is 0.175. The Morgan fingerprint density at radius 1 is 1.07 bits per heavy atom. The Labute approximate surface area is 187 Å². The summed E-state index contributed by atoms with van der Waals surface area (Å²) in [5.41, 5.74) is 0.781. The van der Waals surface area contributed by atoms with Crippen LogP contribution in [0, 0.1) is 0 Å². The van der Waals surface area contributed by atoms with Gasteiger partial charge in [0.1, 0.15) is 5.75 Å². The zero-order valence-corrected chi connectivity index (χ0v) is 19.2. The minimum absolute atomic E-state index is 0. The SMILES string of the molecule is CCCCOCCOCCNC(=NC)NCc1cccc(OCC(F)(F)F)c1.I. The highest BCUT2D eigenvalue weighted by Gasteiger charge is 2.28. The monoisotopic (exact) mass is 533 g/mol. The molecule has 0 heterocycles. The molecule has 168 valence electrons. The topological polar surface area (TPSA) is 64.1 Å². The lowest BCUT2D eigenvalue weighted by Crippen LogP contribution is -2.38. The average Bonchev–Trinajstić information content (AvgIpc) is 2.67. The maximum atomic E-state index is 12.2. The van der Waals surface area contributed by atoms with Crippen molar-refractivity contribution in [2.24, 2.45) is 4.99 Å². The predicted octanol–water partition coefficient (Wildman–Crippen LogP) is 3.74. The van der Waals surface area contributed by atoms with Crippen LogP contribution in [0.25, 0.3) is 0 Å². The Balaban J connectivity index is 0.00000784. The van der Waals surface area contributed by atoms with Gasteiger partial charge in [-0.15, -0.1) is 24.0 Å². The number of rotatable bonds is 13. The predicted molar refractivity (Wildman–Crippen MR) is 118 cm³/mol. The number of ether oxygens (including phenoxy) is 3. The number of halogens is 4. The maximum Gasteiger partial charge on any atom is 0.422 e. The number of aliphatic imine (C=N–C) groups is 1. The number of benzene rings is 1. The molecule has 1 aromatic rings. The Kier molecular flexibility index (Phi) is 15.8. The maximum absolute atomic E-state index is 12.2. The molecule has 2 N–H and O–H groups in total. The minimum atomic E-state index is -4.36. The number of unbranched alkanes of at least 4 members (excludes halogenated alkanes) is 1. The molecule has 0 aliphatic rings. The summed E-state index contributed by atoms with van der Waals surface area (Å²) in [6, 6.07) is 6.50. The van der Waals surface area contributed by atoms with Gasteiger partial charge in [-0.3, -0.25) is 4.99 Å². The second kappa shape index (κ2) is 16.5. The standard InChI is InChI=1S/C19H30F3N3O3.HI/c1-3-4-9-26-11-12-27-10-8-24-18(23-2)25-14-16-6-5-7-17(13-16)28-15-19(20,21)22;/h5-7,13H,3-4,8-12,14-15H2,1-2H3,(H2,23,24,25);1H. The van der Waals surface area contributed by atoms with E-state index in [1.165, 1.54) is 6.07 Å². The summed E-state index contributed by atoms with van der Waals surface area (Å²) in [5, 5.41) is 6.19. The van der Waals surface area contributed by atoms with E-state index in [1.807, 2.05) is 0 Å². The molecule has 0 saturated heterocycles. The molecule has 0 spiro atoms. The zero-order chi connectivity index (χ0) is 20.7. The molecule has 0 saturated carbocycles. The lowest BCUT2D eigenvalue weighted by molar-refractivity contribution is -0.153. The first-order valence-corrected chi connectivity index (χ1v) is 9.33. The summed E-state index contributed by atoms with van der Waals surface area (Å²) in [4.78, 5) is 4.10. The molecule has 10 heteroatoms. The highest BCUT2D eigenvalue weighted by molar-refractivity contribution is 14.0. The van der Waals surface area contributed by atoms with Crippen LogP contribution in [0.2, 0.25) is 0 Å². The molecule has 0 atom stereocenters. The highest BCUT2D eigenvalue weighted by Crippen LogP contribution is 2.19. The highest BCUT2D eigenvalue weighted by atomic mass is 127. The second-order valence-corrected chi connectivity index (χ2v) is 5.98. The summed E-state index contributed by atoms with van der Waals surface area (Å²) in [6.45, 7) is 4.18. The van der Waals surface area contributed by atoms with Crippen molar-refractivity contribution in [1.29, 1.82) is 0 Å². The van der Waals surface area contributed by atoms with Crippen molar-refractivity contribution < 1.29 is 27.4 Å². The Bertz CT molecular complexity index is 575. The number of nitrogens with one attached hydrogen (secondary N) is 2. The molecule has 1 rings (SSSR count). The van der Waals surface area contributed by atoms with Gasteiger partial charge in [0.05, 0.1) is 19.8 Å². The van der Waals surface area contributed by atoms with Crippen molar-refractivity contribution in [3.63, 3.8) is 0 Å². The van der Waals surface area contributed by atoms with E-state index in [-0.39, 0.29) is 29.7 Å². The molecule has 6 nitrogen and oxygen atoms in total. The lowest BCUT2D eigenvalue weighted by Gasteiger charge is -2.13. The van der Waals surface area contributed by atoms with Crippen molar-refractivity contribution in [2.75, 3.05) is 46.6 Å². The molecular weight excluding hydrogens is 502 g/mol. The van der Waals surface area contributed by atoms with Crippen molar-refractivity contribution >= 4 is 29.9 Å². The van der Waals surface area contributed by atoms with Crippen LogP contribution in [0.3, 0.4) is 0 Å². The summed E-state index contributed by atoms with van der Waals surface area (Å²) in [7, 11) is 1.64. The first-order chi connectivity index (χ1) is 13.4. The molecule has 0 aliphatic heterocycles. The molecular formula is C19H31F3IN3O3. The van der Waals surface area contributed by atoms with E-state index < -0.39 is 12.8 Å². The van der Waals surface area contributed by atoms with Gasteiger partial charge >= 0.3 is 6.18 Å². The molecule has 29 heavy (non-hydrogen) atoms. The minimum Gasteiger partial charge on any atom is -0.484 e. The normalized spacial score (nSPS) is 11.7. The van der Waals surface area contributed by atoms with Crippen LogP contribution in [0.1, 0.15) is 25.3 Å². The van der Waals surface area contributed by atoms with Crippen molar-refractivity contribution in [3.05, 3.63) is 29.8 Å². The second-order valence-electron chi connectivity index (χ2n) is 5.98. The fraction of sp³-hybridized carbons (Fsp3) is 0.632. The van der Waals surface area contributed by atoms with Gasteiger partial charge in [0.2, 0.25) is 0 Å². The van der Waals surface area contributed by atoms with Crippen LogP contribution in [0.5, 0.6) is 5.75 Å². The fourth-order valence-corrected chi connectivity index (χ4v) is 2.13. The third-order valence-corrected chi connectivity index (χ3v) is 3.54. The first kappa shape index (κ1) is 27.7. The van der Waals surface area contributed by atoms with Crippen molar-refractivity contribution in [1.82, 2.24) is 10.6 Å². The van der Waals surface area contributed by atoms with E-state index in [9.17, 15) is 13.2 Å². The van der Waals surface area contributed by atoms with E-state index in [1.54, 1.807) is 25.2 Å². The van der Waals surface area contributed by atoms with E-state index >= 15 is 0 Å². The van der Waals surface area contributed by atoms with E-state index in [2.05, 4.69) is 22.5 Å². The van der Waals surface area contributed by atoms with Gasteiger partial charge < -0.3 is 24.8 Å². The Morgan fingerprint density at radius 3 is 2.45 bits per heavy atom. The van der Waals surface area contributed by atoms with Gasteiger partial charge in [0.15, 0.2) is 12.6 Å². The number of alkyl halides is 3. The first-order valence-electron chi connectivity index (χ1n) is 9.33. The molecule has 0 radical (unpaired) electrons. The third-order valence-electron chi connectivity index (χ3n) is 3.54. The lowest BCUT2D eigenvalue weighted by atomic mass is 10.2. The Morgan fingerprint density at radius 2 is 1.79 bits per heavy atom. The fourth-order valence-electron chi connectivity index (χ4n) is 2.13. The average molecular weight is 533 g/mol. The summed E-state index contributed by atoms with van der Waals surface area (Å²) in [6.07, 6.45) is -2.19. The van der Waals surface area contributed by atoms with E-state index in [0.29, 0.717) is 38.9 Å². The Hall–Kier alpha value is -1.27. The van der Waals surface area contributed by atoms with E-state index in [0.717, 1.165) is 25.0 Å². The molecule has 0 amide bonds. The van der Waals surface area contributed by atoms with Gasteiger partial charge in [-0.25, -0.2) is 0 Å². The molecule has 0 unspecified atom stereocenters. The molecule has 0 aliphatic carbocycles. The summed E-state index contributed by atoms with van der Waals surface area (Å²) < 4.78 is 52.3. The number of hydrogen-bond acceptors (Lipinski definition) is 4. The summed E-state index contributed by atoms with van der Waals surface area (Å²) in [5.74, 6) is 0.749. The van der Waals surface area contributed by atoms with Gasteiger partial charge in [0.25, 0.3) is 0 Å². The van der Waals surface area contributed by atoms with Gasteiger partial charge in [-0.05, 0) is 24.1 Å². The number of hydrogen-bond donors (Lipinski definition) is 2. The van der Waals surface area contributed by atoms with Crippen LogP contribution < -0.4 is 15.4 Å². The van der Waals surface area contributed by atoms with Crippen molar-refractivity contribution in [2.45, 2.75) is 32.5 Å². The smallest absolute Gasteiger partial charge is 0.422 e. The molecule has 0 aromatic heterocycles. The van der Waals surface area contributed by atoms with Crippen molar-refractivity contribution in [3.8, 4) is 5.75 Å². The van der Waals surface area contributed by atoms with E-state index in [4.69, 9.17) is 14.2 Å². The van der Waals surface area contributed by atoms with Crippen LogP contribution in [-0.2, 0) is 16.0 Å². The van der Waals surface area contributed by atoms with Crippen LogP contribution in [-0.4, -0.2) is 58.8 Å². The summed E-state index contributed by atoms with van der Waals surface area (Å²) >= 11 is 0. The van der Waals surface area contributed by atoms with Crippen LogP contribution in [0.15, 0.2) is 29.3 Å². The molecule has 0 fully saturated rings. The largest absolute Gasteiger partial charge is 0.484 e. The van der Waals surface area contributed by atoms with Gasteiger partial charge in [-0.1, -0.05) is 25.5 Å². The third kappa shape index (κ3) is 15.3. The molecule has 1 aromatic carbocycles. The zero-order valence-electron chi connectivity index (χ0n) is 16.9. The number of guanidine groups is 1. The van der Waals surface area contributed by atoms with Crippen LogP contribution in [0.4, 0.5) is 13.2 Å². The van der Waals surface area contributed by atoms with Gasteiger partial charge in [0, 0.05) is 26.7 Å².